The largest absolute Gasteiger partial charge is 0.465 e. The summed E-state index contributed by atoms with van der Waals surface area (Å²) in [5.41, 5.74) is 0. The molecule has 2 bridgehead atoms. The van der Waals surface area contributed by atoms with Gasteiger partial charge in [0.25, 0.3) is 0 Å². The normalized spacial score (nSPS) is 31.1. The first-order valence-corrected chi connectivity index (χ1v) is 6.59. The fraction of sp³-hybridized carbons (Fsp3) is 0.846. The van der Waals surface area contributed by atoms with Crippen LogP contribution < -0.4 is 0 Å². The first-order chi connectivity index (χ1) is 8.13. The Morgan fingerprint density at radius 1 is 1.41 bits per heavy atom. The van der Waals surface area contributed by atoms with Crippen LogP contribution in [0, 0.1) is 0 Å². The Labute approximate surface area is 102 Å². The molecule has 2 fully saturated rings. The van der Waals surface area contributed by atoms with Gasteiger partial charge in [0.2, 0.25) is 0 Å². The molecule has 0 saturated carbocycles. The van der Waals surface area contributed by atoms with E-state index in [-0.39, 0.29) is 24.1 Å². The highest BCUT2D eigenvalue weighted by Gasteiger charge is 2.42. The molecular formula is C13H21NO3. The summed E-state index contributed by atoms with van der Waals surface area (Å²) in [6.45, 7) is 4.15. The van der Waals surface area contributed by atoms with Gasteiger partial charge >= 0.3 is 5.97 Å². The van der Waals surface area contributed by atoms with Gasteiger partial charge in [0.15, 0.2) is 0 Å². The summed E-state index contributed by atoms with van der Waals surface area (Å²) in [7, 11) is 0. The average Bonchev–Trinajstić information content (AvgIpc) is 2.27. The molecule has 0 N–H and O–H groups in total. The van der Waals surface area contributed by atoms with Crippen molar-refractivity contribution in [2.75, 3.05) is 6.61 Å². The monoisotopic (exact) mass is 239 g/mol. The molecule has 2 aliphatic rings. The Balaban J connectivity index is 2.08. The van der Waals surface area contributed by atoms with Crippen LogP contribution in [0.15, 0.2) is 0 Å². The molecule has 2 heterocycles. The van der Waals surface area contributed by atoms with Gasteiger partial charge in [-0.3, -0.25) is 14.5 Å². The Kier molecular flexibility index (Phi) is 3.82. The zero-order valence-corrected chi connectivity index (χ0v) is 10.6. The molecule has 17 heavy (non-hydrogen) atoms. The van der Waals surface area contributed by atoms with E-state index in [1.807, 2.05) is 13.8 Å². The summed E-state index contributed by atoms with van der Waals surface area (Å²) in [5.74, 6) is 0.200. The van der Waals surface area contributed by atoms with E-state index >= 15 is 0 Å². The van der Waals surface area contributed by atoms with Crippen LogP contribution in [-0.2, 0) is 14.3 Å². The van der Waals surface area contributed by atoms with Crippen LogP contribution in [0.4, 0.5) is 0 Å². The minimum Gasteiger partial charge on any atom is -0.465 e. The molecule has 2 rings (SSSR count). The molecule has 3 atom stereocenters. The third kappa shape index (κ3) is 2.51. The van der Waals surface area contributed by atoms with Crippen LogP contribution in [0.25, 0.3) is 0 Å². The van der Waals surface area contributed by atoms with E-state index in [0.717, 1.165) is 12.8 Å². The number of carbonyl (C=O) groups excluding carboxylic acids is 2. The van der Waals surface area contributed by atoms with Gasteiger partial charge in [-0.05, 0) is 26.7 Å². The molecule has 0 amide bonds. The van der Waals surface area contributed by atoms with Crippen molar-refractivity contribution in [2.24, 2.45) is 0 Å². The zero-order valence-electron chi connectivity index (χ0n) is 10.6. The molecule has 0 spiro atoms. The fourth-order valence-corrected chi connectivity index (χ4v) is 3.23. The standard InChI is InChI=1S/C13H21NO3/c1-3-17-13(16)9(2)14-10-5-4-6-11(14)8-12(15)7-10/h9-11H,3-8H2,1-2H3. The van der Waals surface area contributed by atoms with Gasteiger partial charge in [-0.2, -0.15) is 0 Å². The zero-order chi connectivity index (χ0) is 12.4. The van der Waals surface area contributed by atoms with Gasteiger partial charge in [-0.25, -0.2) is 0 Å². The maximum atomic E-state index is 11.8. The molecule has 96 valence electrons. The van der Waals surface area contributed by atoms with Crippen molar-refractivity contribution in [1.82, 2.24) is 4.90 Å². The number of Topliss-reactive ketones (excluding diaryl/α,β-unsaturated/α-hetero) is 1. The van der Waals surface area contributed by atoms with Gasteiger partial charge in [0, 0.05) is 24.9 Å². The van der Waals surface area contributed by atoms with E-state index in [4.69, 9.17) is 4.74 Å². The number of rotatable bonds is 3. The van der Waals surface area contributed by atoms with Gasteiger partial charge < -0.3 is 4.74 Å². The summed E-state index contributed by atoms with van der Waals surface area (Å²) in [6, 6.07) is 0.308. The first kappa shape index (κ1) is 12.6. The highest BCUT2D eigenvalue weighted by atomic mass is 16.5. The molecular weight excluding hydrogens is 218 g/mol. The molecule has 4 heteroatoms. The Bertz CT molecular complexity index is 300. The van der Waals surface area contributed by atoms with Crippen molar-refractivity contribution in [2.45, 2.75) is 64.1 Å². The molecule has 3 unspecified atom stereocenters. The fourth-order valence-electron chi connectivity index (χ4n) is 3.23. The Morgan fingerprint density at radius 2 is 2.00 bits per heavy atom. The van der Waals surface area contributed by atoms with Crippen molar-refractivity contribution in [3.8, 4) is 0 Å². The summed E-state index contributed by atoms with van der Waals surface area (Å²) in [5, 5.41) is 0. The topological polar surface area (TPSA) is 46.6 Å². The molecule has 0 aromatic carbocycles. The Morgan fingerprint density at radius 3 is 2.53 bits per heavy atom. The predicted molar refractivity (Wildman–Crippen MR) is 63.6 cm³/mol. The summed E-state index contributed by atoms with van der Waals surface area (Å²) >= 11 is 0. The Hall–Kier alpha value is -0.900. The van der Waals surface area contributed by atoms with Crippen molar-refractivity contribution in [3.05, 3.63) is 0 Å². The lowest BCUT2D eigenvalue weighted by Gasteiger charge is -2.47. The van der Waals surface area contributed by atoms with Gasteiger partial charge in [-0.15, -0.1) is 0 Å². The summed E-state index contributed by atoms with van der Waals surface area (Å²) < 4.78 is 5.08. The van der Waals surface area contributed by atoms with E-state index in [1.54, 1.807) is 0 Å². The number of carbonyl (C=O) groups is 2. The number of nitrogens with zero attached hydrogens (tertiary/aromatic N) is 1. The molecule has 0 aliphatic carbocycles. The molecule has 2 saturated heterocycles. The van der Waals surface area contributed by atoms with Crippen LogP contribution in [0.1, 0.15) is 46.0 Å². The van der Waals surface area contributed by atoms with Crippen LogP contribution in [0.3, 0.4) is 0 Å². The molecule has 0 aromatic heterocycles. The maximum absolute atomic E-state index is 11.8. The number of piperidine rings is 2. The van der Waals surface area contributed by atoms with Crippen molar-refractivity contribution in [1.29, 1.82) is 0 Å². The van der Waals surface area contributed by atoms with Crippen LogP contribution >= 0.6 is 0 Å². The van der Waals surface area contributed by atoms with E-state index in [9.17, 15) is 9.59 Å². The minimum atomic E-state index is -0.210. The SMILES string of the molecule is CCOC(=O)C(C)N1C2CCCC1CC(=O)C2. The van der Waals surface area contributed by atoms with Crippen molar-refractivity contribution >= 4 is 11.8 Å². The van der Waals surface area contributed by atoms with E-state index in [1.165, 1.54) is 6.42 Å². The number of ketones is 1. The second-order valence-electron chi connectivity index (χ2n) is 5.06. The number of hydrogen-bond acceptors (Lipinski definition) is 4. The number of ether oxygens (including phenoxy) is 1. The smallest absolute Gasteiger partial charge is 0.323 e. The number of esters is 1. The molecule has 0 radical (unpaired) electrons. The van der Waals surface area contributed by atoms with Gasteiger partial charge in [0.05, 0.1) is 6.61 Å². The van der Waals surface area contributed by atoms with Gasteiger partial charge in [0.1, 0.15) is 11.8 Å². The quantitative estimate of drug-likeness (QED) is 0.701. The second kappa shape index (κ2) is 5.17. The highest BCUT2D eigenvalue weighted by molar-refractivity contribution is 5.81. The summed E-state index contributed by atoms with van der Waals surface area (Å²) in [6.07, 6.45) is 4.47. The van der Waals surface area contributed by atoms with Crippen molar-refractivity contribution in [3.63, 3.8) is 0 Å². The third-order valence-corrected chi connectivity index (χ3v) is 3.92. The van der Waals surface area contributed by atoms with Gasteiger partial charge in [-0.1, -0.05) is 6.42 Å². The maximum Gasteiger partial charge on any atom is 0.323 e. The van der Waals surface area contributed by atoms with E-state index in [0.29, 0.717) is 25.2 Å². The van der Waals surface area contributed by atoms with Crippen LogP contribution in [0.2, 0.25) is 0 Å². The molecule has 0 aromatic rings. The lowest BCUT2D eigenvalue weighted by molar-refractivity contribution is -0.155. The predicted octanol–water partition coefficient (Wildman–Crippen LogP) is 1.52. The van der Waals surface area contributed by atoms with Crippen LogP contribution in [-0.4, -0.2) is 41.4 Å². The number of fused-ring (bicyclic) bond motifs is 2. The van der Waals surface area contributed by atoms with Crippen LogP contribution in [0.5, 0.6) is 0 Å². The third-order valence-electron chi connectivity index (χ3n) is 3.92. The van der Waals surface area contributed by atoms with E-state index in [2.05, 4.69) is 4.90 Å². The van der Waals surface area contributed by atoms with E-state index < -0.39 is 0 Å². The summed E-state index contributed by atoms with van der Waals surface area (Å²) in [4.78, 5) is 25.6. The molecule has 2 aliphatic heterocycles. The minimum absolute atomic E-state index is 0.154. The number of hydrogen-bond donors (Lipinski definition) is 0. The average molecular weight is 239 g/mol. The lowest BCUT2D eigenvalue weighted by atomic mass is 9.82. The van der Waals surface area contributed by atoms with Crippen molar-refractivity contribution < 1.29 is 14.3 Å². The molecule has 4 nitrogen and oxygen atoms in total. The lowest BCUT2D eigenvalue weighted by Crippen LogP contribution is -2.58. The second-order valence-corrected chi connectivity index (χ2v) is 5.06. The first-order valence-electron chi connectivity index (χ1n) is 6.59. The highest BCUT2D eigenvalue weighted by Crippen LogP contribution is 2.34.